The molecule has 112 valence electrons. The van der Waals surface area contributed by atoms with Gasteiger partial charge in [0.05, 0.1) is 17.1 Å². The second-order valence-electron chi connectivity index (χ2n) is 5.51. The Labute approximate surface area is 126 Å². The molecule has 0 atom stereocenters. The molecule has 0 radical (unpaired) electrons. The molecule has 0 aliphatic heterocycles. The lowest BCUT2D eigenvalue weighted by Crippen LogP contribution is -2.26. The molecule has 0 spiro atoms. The maximum Gasteiger partial charge on any atom is 0.251 e. The first-order valence-corrected chi connectivity index (χ1v) is 6.71. The summed E-state index contributed by atoms with van der Waals surface area (Å²) in [7, 11) is 0. The van der Waals surface area contributed by atoms with Crippen molar-refractivity contribution in [3.05, 3.63) is 34.6 Å². The Morgan fingerprint density at radius 1 is 1.43 bits per heavy atom. The van der Waals surface area contributed by atoms with Crippen molar-refractivity contribution in [1.82, 2.24) is 25.5 Å². The van der Waals surface area contributed by atoms with E-state index in [0.29, 0.717) is 11.4 Å². The lowest BCUT2D eigenvalue weighted by atomic mass is 10.1. The molecular weight excluding hydrogens is 294 g/mol. The van der Waals surface area contributed by atoms with Gasteiger partial charge in [-0.25, -0.2) is 0 Å². The van der Waals surface area contributed by atoms with Crippen LogP contribution in [0.5, 0.6) is 5.75 Å². The molecule has 0 bridgehead atoms. The summed E-state index contributed by atoms with van der Waals surface area (Å²) in [4.78, 5) is 13.4. The van der Waals surface area contributed by atoms with Gasteiger partial charge in [-0.15, -0.1) is 10.2 Å². The Morgan fingerprint density at radius 3 is 2.71 bits per heavy atom. The molecule has 2 aromatic rings. The van der Waals surface area contributed by atoms with Gasteiger partial charge in [0.15, 0.2) is 5.82 Å². The molecule has 0 aliphatic rings. The third kappa shape index (κ3) is 3.69. The topological polar surface area (TPSA) is 92.9 Å². The molecule has 0 saturated heterocycles. The van der Waals surface area contributed by atoms with E-state index in [-0.39, 0.29) is 28.8 Å². The van der Waals surface area contributed by atoms with E-state index in [9.17, 15) is 9.90 Å². The number of aromatic nitrogens is 4. The highest BCUT2D eigenvalue weighted by atomic mass is 35.5. The summed E-state index contributed by atoms with van der Waals surface area (Å²) in [6, 6.07) is 4.29. The van der Waals surface area contributed by atoms with Gasteiger partial charge in [0.2, 0.25) is 0 Å². The number of benzene rings is 1. The molecule has 2 rings (SSSR count). The first-order chi connectivity index (χ1) is 9.77. The highest BCUT2D eigenvalue weighted by Crippen LogP contribution is 2.23. The van der Waals surface area contributed by atoms with Crippen molar-refractivity contribution in [2.24, 2.45) is 0 Å². The van der Waals surface area contributed by atoms with Crippen LogP contribution in [-0.2, 0) is 12.1 Å². The number of nitrogens with zero attached hydrogens (tertiary/aromatic N) is 4. The zero-order valence-electron chi connectivity index (χ0n) is 12.0. The van der Waals surface area contributed by atoms with E-state index in [2.05, 4.69) is 20.7 Å². The van der Waals surface area contributed by atoms with Crippen molar-refractivity contribution < 1.29 is 9.90 Å². The number of phenolic OH excluding ortho intramolecular Hbond substituents is 1. The van der Waals surface area contributed by atoms with Crippen LogP contribution < -0.4 is 5.32 Å². The molecule has 2 N–H and O–H groups in total. The number of carbonyl (C=O) groups is 1. The third-order valence-electron chi connectivity index (χ3n) is 2.67. The quantitative estimate of drug-likeness (QED) is 0.900. The van der Waals surface area contributed by atoms with E-state index >= 15 is 0 Å². The summed E-state index contributed by atoms with van der Waals surface area (Å²) in [6.45, 7) is 6.01. The minimum atomic E-state index is -0.353. The maximum atomic E-state index is 11.9. The summed E-state index contributed by atoms with van der Waals surface area (Å²) in [5.74, 6) is -0.0772. The monoisotopic (exact) mass is 309 g/mol. The number of halogens is 1. The van der Waals surface area contributed by atoms with E-state index in [1.54, 1.807) is 0 Å². The maximum absolute atomic E-state index is 11.9. The Balaban J connectivity index is 2.01. The predicted octanol–water partition coefficient (Wildman–Crippen LogP) is 1.72. The summed E-state index contributed by atoms with van der Waals surface area (Å²) in [5, 5.41) is 24.3. The predicted molar refractivity (Wildman–Crippen MR) is 77.1 cm³/mol. The van der Waals surface area contributed by atoms with Gasteiger partial charge in [-0.05, 0) is 44.2 Å². The molecule has 8 heteroatoms. The van der Waals surface area contributed by atoms with Gasteiger partial charge in [-0.3, -0.25) is 4.79 Å². The second-order valence-corrected chi connectivity index (χ2v) is 5.92. The molecule has 0 saturated carbocycles. The molecule has 1 heterocycles. The molecular formula is C13H16ClN5O2. The average Bonchev–Trinajstić information content (AvgIpc) is 2.88. The van der Waals surface area contributed by atoms with E-state index in [1.807, 2.05) is 20.8 Å². The van der Waals surface area contributed by atoms with E-state index in [0.717, 1.165) is 0 Å². The zero-order valence-corrected chi connectivity index (χ0v) is 12.7. The average molecular weight is 310 g/mol. The van der Waals surface area contributed by atoms with Gasteiger partial charge < -0.3 is 10.4 Å². The van der Waals surface area contributed by atoms with Crippen molar-refractivity contribution in [1.29, 1.82) is 0 Å². The van der Waals surface area contributed by atoms with Crippen molar-refractivity contribution >= 4 is 17.5 Å². The molecule has 0 aliphatic carbocycles. The van der Waals surface area contributed by atoms with Crippen LogP contribution in [-0.4, -0.2) is 31.2 Å². The Hall–Kier alpha value is -2.15. The Bertz CT molecular complexity index is 663. The number of hydrogen-bond acceptors (Lipinski definition) is 5. The number of phenols is 1. The van der Waals surface area contributed by atoms with Crippen LogP contribution in [0.3, 0.4) is 0 Å². The van der Waals surface area contributed by atoms with E-state index in [1.165, 1.54) is 23.0 Å². The zero-order chi connectivity index (χ0) is 15.6. The van der Waals surface area contributed by atoms with Gasteiger partial charge in [0.25, 0.3) is 5.91 Å². The normalized spacial score (nSPS) is 11.4. The van der Waals surface area contributed by atoms with Crippen LogP contribution in [0.2, 0.25) is 5.02 Å². The molecule has 1 aromatic heterocycles. The van der Waals surface area contributed by atoms with Gasteiger partial charge >= 0.3 is 0 Å². The lowest BCUT2D eigenvalue weighted by molar-refractivity contribution is 0.0949. The lowest BCUT2D eigenvalue weighted by Gasteiger charge is -2.15. The van der Waals surface area contributed by atoms with Gasteiger partial charge in [0.1, 0.15) is 5.75 Å². The van der Waals surface area contributed by atoms with Gasteiger partial charge in [-0.1, -0.05) is 11.6 Å². The minimum Gasteiger partial charge on any atom is -0.506 e. The highest BCUT2D eigenvalue weighted by molar-refractivity contribution is 6.32. The summed E-state index contributed by atoms with van der Waals surface area (Å²) < 4.78 is 0. The molecule has 0 fully saturated rings. The van der Waals surface area contributed by atoms with E-state index < -0.39 is 0 Å². The fraction of sp³-hybridized carbons (Fsp3) is 0.385. The van der Waals surface area contributed by atoms with Crippen LogP contribution in [0.4, 0.5) is 0 Å². The third-order valence-corrected chi connectivity index (χ3v) is 2.99. The largest absolute Gasteiger partial charge is 0.506 e. The molecule has 0 unspecified atom stereocenters. The van der Waals surface area contributed by atoms with Gasteiger partial charge in [-0.2, -0.15) is 4.80 Å². The fourth-order valence-electron chi connectivity index (χ4n) is 1.51. The second kappa shape index (κ2) is 5.69. The number of nitrogens with one attached hydrogen (secondary N) is 1. The number of rotatable bonds is 3. The number of hydrogen-bond donors (Lipinski definition) is 2. The van der Waals surface area contributed by atoms with Crippen LogP contribution in [0.25, 0.3) is 0 Å². The van der Waals surface area contributed by atoms with Crippen LogP contribution in [0.1, 0.15) is 37.0 Å². The van der Waals surface area contributed by atoms with Gasteiger partial charge in [0, 0.05) is 5.56 Å². The number of tetrazole rings is 1. The Morgan fingerprint density at radius 2 is 2.14 bits per heavy atom. The number of amides is 1. The van der Waals surface area contributed by atoms with Crippen molar-refractivity contribution in [3.8, 4) is 5.75 Å². The van der Waals surface area contributed by atoms with Crippen LogP contribution in [0.15, 0.2) is 18.2 Å². The molecule has 1 amide bonds. The smallest absolute Gasteiger partial charge is 0.251 e. The minimum absolute atomic E-state index is 0.138. The molecule has 21 heavy (non-hydrogen) atoms. The standard InChI is InChI=1S/C13H16ClN5O2/c1-13(2,3)19-17-11(16-18-19)7-15-12(21)8-4-5-9(14)10(20)6-8/h4-6,20H,7H2,1-3H3,(H,15,21). The SMILES string of the molecule is CC(C)(C)n1nnc(CNC(=O)c2ccc(Cl)c(O)c2)n1. The molecule has 7 nitrogen and oxygen atoms in total. The summed E-state index contributed by atoms with van der Waals surface area (Å²) in [5.41, 5.74) is 0.0390. The number of carbonyl (C=O) groups excluding carboxylic acids is 1. The van der Waals surface area contributed by atoms with Crippen molar-refractivity contribution in [2.75, 3.05) is 0 Å². The van der Waals surface area contributed by atoms with Crippen LogP contribution in [0, 0.1) is 0 Å². The van der Waals surface area contributed by atoms with E-state index in [4.69, 9.17) is 11.6 Å². The van der Waals surface area contributed by atoms with Crippen molar-refractivity contribution in [3.63, 3.8) is 0 Å². The summed E-state index contributed by atoms with van der Waals surface area (Å²) in [6.07, 6.45) is 0. The first kappa shape index (κ1) is 15.2. The highest BCUT2D eigenvalue weighted by Gasteiger charge is 2.17. The molecule has 1 aromatic carbocycles. The fourth-order valence-corrected chi connectivity index (χ4v) is 1.63. The van der Waals surface area contributed by atoms with Crippen molar-refractivity contribution in [2.45, 2.75) is 32.9 Å². The summed E-state index contributed by atoms with van der Waals surface area (Å²) >= 11 is 5.69. The van der Waals surface area contributed by atoms with Crippen LogP contribution >= 0.6 is 11.6 Å². The number of aromatic hydroxyl groups is 1. The first-order valence-electron chi connectivity index (χ1n) is 6.33. The Kier molecular flexibility index (Phi) is 4.13.